The van der Waals surface area contributed by atoms with Crippen molar-refractivity contribution in [2.75, 3.05) is 13.1 Å². The summed E-state index contributed by atoms with van der Waals surface area (Å²) in [6.07, 6.45) is 3.99. The molecule has 1 fully saturated rings. The monoisotopic (exact) mass is 389 g/mol. The van der Waals surface area contributed by atoms with Gasteiger partial charge in [0.15, 0.2) is 0 Å². The third-order valence-electron chi connectivity index (χ3n) is 3.85. The van der Waals surface area contributed by atoms with E-state index in [0.717, 1.165) is 30.2 Å². The Hall–Kier alpha value is -1.11. The Morgan fingerprint density at radius 1 is 1.27 bits per heavy atom. The number of amides is 2. The second-order valence-corrected chi connectivity index (χ2v) is 6.35. The zero-order valence-electron chi connectivity index (χ0n) is 12.2. The zero-order chi connectivity index (χ0) is 15.3. The Morgan fingerprint density at radius 3 is 2.55 bits per heavy atom. The van der Waals surface area contributed by atoms with Crippen molar-refractivity contribution >= 4 is 40.2 Å². The number of rotatable bonds is 5. The van der Waals surface area contributed by atoms with Crippen molar-refractivity contribution in [1.82, 2.24) is 10.6 Å². The molecule has 4 N–H and O–H groups in total. The van der Waals surface area contributed by atoms with E-state index in [2.05, 4.69) is 26.6 Å². The number of nitrogens with two attached hydrogens (primary N) is 1. The van der Waals surface area contributed by atoms with E-state index in [1.54, 1.807) is 18.2 Å². The van der Waals surface area contributed by atoms with Crippen LogP contribution in [0.3, 0.4) is 0 Å². The van der Waals surface area contributed by atoms with Gasteiger partial charge in [-0.1, -0.05) is 34.8 Å². The van der Waals surface area contributed by atoms with Gasteiger partial charge >= 0.3 is 0 Å². The van der Waals surface area contributed by atoms with E-state index in [9.17, 15) is 9.59 Å². The molecule has 1 aromatic rings. The first-order valence-electron chi connectivity index (χ1n) is 7.09. The van der Waals surface area contributed by atoms with Gasteiger partial charge in [0.25, 0.3) is 5.91 Å². The molecule has 2 amide bonds. The van der Waals surface area contributed by atoms with Gasteiger partial charge in [0.2, 0.25) is 5.91 Å². The highest BCUT2D eigenvalue weighted by molar-refractivity contribution is 9.10. The van der Waals surface area contributed by atoms with Crippen molar-refractivity contribution in [1.29, 1.82) is 0 Å². The van der Waals surface area contributed by atoms with Crippen LogP contribution < -0.4 is 16.4 Å². The fraction of sp³-hybridized carbons (Fsp3) is 0.467. The van der Waals surface area contributed by atoms with E-state index in [1.807, 2.05) is 6.07 Å². The van der Waals surface area contributed by atoms with Gasteiger partial charge in [-0.15, -0.1) is 12.4 Å². The Labute approximate surface area is 144 Å². The van der Waals surface area contributed by atoms with Gasteiger partial charge in [-0.05, 0) is 31.0 Å². The molecule has 7 heteroatoms. The molecule has 0 atom stereocenters. The molecule has 0 saturated heterocycles. The van der Waals surface area contributed by atoms with E-state index in [1.165, 1.54) is 0 Å². The molecular formula is C15H21BrClN3O2. The summed E-state index contributed by atoms with van der Waals surface area (Å²) < 4.78 is 0.827. The summed E-state index contributed by atoms with van der Waals surface area (Å²) in [5.41, 5.74) is 6.01. The Morgan fingerprint density at radius 2 is 1.95 bits per heavy atom. The SMILES string of the molecule is Cl.NCC1(NC(=O)CNC(=O)c2cccc(Br)c2)CCCC1. The molecule has 2 rings (SSSR count). The summed E-state index contributed by atoms with van der Waals surface area (Å²) in [7, 11) is 0. The molecular weight excluding hydrogens is 370 g/mol. The topological polar surface area (TPSA) is 84.2 Å². The Balaban J connectivity index is 0.00000242. The van der Waals surface area contributed by atoms with Crippen LogP contribution in [0.2, 0.25) is 0 Å². The number of halogens is 2. The average molecular weight is 391 g/mol. The summed E-state index contributed by atoms with van der Waals surface area (Å²) in [5, 5.41) is 5.60. The molecule has 122 valence electrons. The fourth-order valence-corrected chi connectivity index (χ4v) is 3.06. The second kappa shape index (κ2) is 8.50. The van der Waals surface area contributed by atoms with E-state index in [4.69, 9.17) is 5.73 Å². The fourth-order valence-electron chi connectivity index (χ4n) is 2.66. The van der Waals surface area contributed by atoms with Gasteiger partial charge in [0.1, 0.15) is 0 Å². The van der Waals surface area contributed by atoms with E-state index >= 15 is 0 Å². The molecule has 1 aliphatic rings. The summed E-state index contributed by atoms with van der Waals surface area (Å²) in [4.78, 5) is 23.9. The Bertz CT molecular complexity index is 533. The van der Waals surface area contributed by atoms with Gasteiger partial charge in [-0.25, -0.2) is 0 Å². The minimum Gasteiger partial charge on any atom is -0.348 e. The van der Waals surface area contributed by atoms with Crippen LogP contribution in [0.5, 0.6) is 0 Å². The maximum absolute atomic E-state index is 12.0. The molecule has 0 unspecified atom stereocenters. The first kappa shape index (κ1) is 18.9. The van der Waals surface area contributed by atoms with E-state index in [-0.39, 0.29) is 36.3 Å². The normalized spacial score (nSPS) is 15.7. The highest BCUT2D eigenvalue weighted by Crippen LogP contribution is 2.28. The molecule has 22 heavy (non-hydrogen) atoms. The maximum atomic E-state index is 12.0. The van der Waals surface area contributed by atoms with Crippen LogP contribution in [0.4, 0.5) is 0 Å². The summed E-state index contributed by atoms with van der Waals surface area (Å²) in [5.74, 6) is -0.453. The van der Waals surface area contributed by atoms with Crippen molar-refractivity contribution in [2.45, 2.75) is 31.2 Å². The molecule has 1 aliphatic carbocycles. The molecule has 0 spiro atoms. The van der Waals surface area contributed by atoms with Crippen LogP contribution in [-0.4, -0.2) is 30.4 Å². The van der Waals surface area contributed by atoms with Gasteiger partial charge < -0.3 is 16.4 Å². The molecule has 1 aromatic carbocycles. The minimum absolute atomic E-state index is 0. The maximum Gasteiger partial charge on any atom is 0.251 e. The molecule has 1 saturated carbocycles. The summed E-state index contributed by atoms with van der Waals surface area (Å²) in [6.45, 7) is 0.408. The molecule has 5 nitrogen and oxygen atoms in total. The lowest BCUT2D eigenvalue weighted by Crippen LogP contribution is -2.54. The molecule has 0 heterocycles. The van der Waals surface area contributed by atoms with Crippen molar-refractivity contribution in [3.63, 3.8) is 0 Å². The highest BCUT2D eigenvalue weighted by Gasteiger charge is 2.33. The van der Waals surface area contributed by atoms with Crippen molar-refractivity contribution in [3.05, 3.63) is 34.3 Å². The lowest BCUT2D eigenvalue weighted by Gasteiger charge is -2.28. The third kappa shape index (κ3) is 4.97. The number of carbonyl (C=O) groups is 2. The van der Waals surface area contributed by atoms with E-state index in [0.29, 0.717) is 12.1 Å². The zero-order valence-corrected chi connectivity index (χ0v) is 14.6. The van der Waals surface area contributed by atoms with Crippen LogP contribution in [0, 0.1) is 0 Å². The second-order valence-electron chi connectivity index (χ2n) is 5.43. The number of nitrogens with one attached hydrogen (secondary N) is 2. The molecule has 0 bridgehead atoms. The minimum atomic E-state index is -0.280. The number of hydrogen-bond donors (Lipinski definition) is 3. The third-order valence-corrected chi connectivity index (χ3v) is 4.35. The quantitative estimate of drug-likeness (QED) is 0.719. The number of carbonyl (C=O) groups excluding carboxylic acids is 2. The highest BCUT2D eigenvalue weighted by atomic mass is 79.9. The van der Waals surface area contributed by atoms with E-state index < -0.39 is 0 Å². The molecule has 0 aromatic heterocycles. The lowest BCUT2D eigenvalue weighted by molar-refractivity contribution is -0.121. The van der Waals surface area contributed by atoms with Gasteiger partial charge in [-0.2, -0.15) is 0 Å². The van der Waals surface area contributed by atoms with Gasteiger partial charge in [0, 0.05) is 16.6 Å². The summed E-state index contributed by atoms with van der Waals surface area (Å²) in [6, 6.07) is 7.04. The van der Waals surface area contributed by atoms with Crippen molar-refractivity contribution < 1.29 is 9.59 Å². The largest absolute Gasteiger partial charge is 0.348 e. The lowest BCUT2D eigenvalue weighted by atomic mass is 9.98. The van der Waals surface area contributed by atoms with Crippen LogP contribution in [0.1, 0.15) is 36.0 Å². The molecule has 0 aliphatic heterocycles. The predicted molar refractivity (Wildman–Crippen MR) is 92.1 cm³/mol. The number of benzene rings is 1. The van der Waals surface area contributed by atoms with Crippen molar-refractivity contribution in [2.24, 2.45) is 5.73 Å². The van der Waals surface area contributed by atoms with Crippen LogP contribution in [0.15, 0.2) is 28.7 Å². The summed E-state index contributed by atoms with van der Waals surface area (Å²) >= 11 is 3.31. The molecule has 0 radical (unpaired) electrons. The standard InChI is InChI=1S/C15H20BrN3O2.ClH/c16-12-5-3-4-11(8-12)14(21)18-9-13(20)19-15(10-17)6-1-2-7-15;/h3-5,8H,1-2,6-7,9-10,17H2,(H,18,21)(H,19,20);1H. The smallest absolute Gasteiger partial charge is 0.251 e. The average Bonchev–Trinajstić information content (AvgIpc) is 2.94. The van der Waals surface area contributed by atoms with Crippen LogP contribution in [-0.2, 0) is 4.79 Å². The van der Waals surface area contributed by atoms with Gasteiger partial charge in [-0.3, -0.25) is 9.59 Å². The number of hydrogen-bond acceptors (Lipinski definition) is 3. The van der Waals surface area contributed by atoms with Crippen molar-refractivity contribution in [3.8, 4) is 0 Å². The first-order chi connectivity index (χ1) is 10.0. The predicted octanol–water partition coefficient (Wildman–Crippen LogP) is 1.99. The Kier molecular flexibility index (Phi) is 7.32. The van der Waals surface area contributed by atoms with Gasteiger partial charge in [0.05, 0.1) is 12.1 Å². The van der Waals surface area contributed by atoms with Crippen LogP contribution >= 0.6 is 28.3 Å². The first-order valence-corrected chi connectivity index (χ1v) is 7.89. The van der Waals surface area contributed by atoms with Crippen LogP contribution in [0.25, 0.3) is 0 Å².